The summed E-state index contributed by atoms with van der Waals surface area (Å²) in [6.45, 7) is 8.08. The average Bonchev–Trinajstić information content (AvgIpc) is 2.12. The van der Waals surface area contributed by atoms with Gasteiger partial charge < -0.3 is 4.74 Å². The van der Waals surface area contributed by atoms with Crippen LogP contribution in [0.5, 0.6) is 0 Å². The molecule has 14 heavy (non-hydrogen) atoms. The Balaban J connectivity index is 4.04. The molecular weight excluding hydrogens is 291 g/mol. The van der Waals surface area contributed by atoms with Crippen molar-refractivity contribution in [1.29, 1.82) is 0 Å². The Morgan fingerprint density at radius 3 is 2.29 bits per heavy atom. The normalized spacial score (nSPS) is 17.2. The number of rotatable bonds is 6. The summed E-state index contributed by atoms with van der Waals surface area (Å²) in [6.07, 6.45) is 3.42. The van der Waals surface area contributed by atoms with Crippen molar-refractivity contribution in [2.75, 3.05) is 0 Å². The Morgan fingerprint density at radius 2 is 1.93 bits per heavy atom. The maximum absolute atomic E-state index is 10.8. The smallest absolute Gasteiger partial charge is 0.303 e. The van der Waals surface area contributed by atoms with Gasteiger partial charge in [0, 0.05) is 12.8 Å². The number of ether oxygens (including phenoxy) is 1. The summed E-state index contributed by atoms with van der Waals surface area (Å²) >= 11 is 2.23. The van der Waals surface area contributed by atoms with Gasteiger partial charge in [0.2, 0.25) is 0 Å². The van der Waals surface area contributed by atoms with Gasteiger partial charge in [0.15, 0.2) is 4.11 Å². The molecule has 3 heteroatoms. The maximum Gasteiger partial charge on any atom is 0.303 e. The Hall–Kier alpha value is 0.200. The lowest BCUT2D eigenvalue weighted by molar-refractivity contribution is -0.143. The minimum absolute atomic E-state index is 0.0316. The van der Waals surface area contributed by atoms with E-state index in [9.17, 15) is 4.79 Å². The van der Waals surface area contributed by atoms with Crippen LogP contribution in [0.1, 0.15) is 47.0 Å². The molecular formula is C11H21IO2. The van der Waals surface area contributed by atoms with Crippen molar-refractivity contribution in [3.63, 3.8) is 0 Å². The first kappa shape index (κ1) is 14.2. The largest absolute Gasteiger partial charge is 0.452 e. The molecule has 0 aliphatic heterocycles. The molecule has 0 aromatic carbocycles. The van der Waals surface area contributed by atoms with E-state index >= 15 is 0 Å². The molecule has 0 rings (SSSR count). The van der Waals surface area contributed by atoms with E-state index in [0.29, 0.717) is 11.8 Å². The first-order valence-electron chi connectivity index (χ1n) is 5.32. The van der Waals surface area contributed by atoms with Crippen LogP contribution in [-0.4, -0.2) is 10.1 Å². The Kier molecular flexibility index (Phi) is 7.59. The number of carbonyl (C=O) groups excluding carboxylic acids is 1. The van der Waals surface area contributed by atoms with Crippen molar-refractivity contribution in [2.45, 2.75) is 51.1 Å². The molecule has 0 aromatic rings. The summed E-state index contributed by atoms with van der Waals surface area (Å²) < 4.78 is 5.23. The van der Waals surface area contributed by atoms with Crippen molar-refractivity contribution in [3.05, 3.63) is 0 Å². The molecule has 0 aliphatic rings. The minimum Gasteiger partial charge on any atom is -0.452 e. The van der Waals surface area contributed by atoms with Crippen LogP contribution in [0.4, 0.5) is 0 Å². The Morgan fingerprint density at radius 1 is 1.36 bits per heavy atom. The fraction of sp³-hybridized carbons (Fsp3) is 0.909. The zero-order valence-corrected chi connectivity index (χ0v) is 11.7. The lowest BCUT2D eigenvalue weighted by atomic mass is 9.93. The molecule has 0 fully saturated rings. The standard InChI is InChI=1S/C11H21IO2/c1-5-8(3)7-10(6-2)11(12)14-9(4)13/h8,10-11H,5-7H2,1-4H3. The zero-order chi connectivity index (χ0) is 11.1. The molecule has 0 bridgehead atoms. The summed E-state index contributed by atoms with van der Waals surface area (Å²) in [6, 6.07) is 0. The molecule has 0 N–H and O–H groups in total. The highest BCUT2D eigenvalue weighted by atomic mass is 127. The molecule has 3 unspecified atom stereocenters. The zero-order valence-electron chi connectivity index (χ0n) is 9.55. The third-order valence-corrected chi connectivity index (χ3v) is 3.85. The molecule has 0 saturated carbocycles. The maximum atomic E-state index is 10.8. The third-order valence-electron chi connectivity index (χ3n) is 2.58. The van der Waals surface area contributed by atoms with Crippen molar-refractivity contribution in [2.24, 2.45) is 11.8 Å². The summed E-state index contributed by atoms with van der Waals surface area (Å²) in [5.41, 5.74) is 0. The van der Waals surface area contributed by atoms with Gasteiger partial charge in [0.1, 0.15) is 0 Å². The van der Waals surface area contributed by atoms with Crippen molar-refractivity contribution >= 4 is 28.6 Å². The van der Waals surface area contributed by atoms with Gasteiger partial charge in [0.25, 0.3) is 0 Å². The van der Waals surface area contributed by atoms with E-state index in [0.717, 1.165) is 12.8 Å². The van der Waals surface area contributed by atoms with E-state index in [4.69, 9.17) is 4.74 Å². The van der Waals surface area contributed by atoms with E-state index in [-0.39, 0.29) is 10.1 Å². The van der Waals surface area contributed by atoms with Gasteiger partial charge in [-0.05, 0) is 41.4 Å². The first-order chi connectivity index (χ1) is 6.51. The molecule has 0 amide bonds. The molecule has 84 valence electrons. The highest BCUT2D eigenvalue weighted by Crippen LogP contribution is 2.26. The van der Waals surface area contributed by atoms with E-state index in [1.54, 1.807) is 0 Å². The van der Waals surface area contributed by atoms with Gasteiger partial charge in [-0.3, -0.25) is 4.79 Å². The second-order valence-corrected chi connectivity index (χ2v) is 5.11. The topological polar surface area (TPSA) is 26.3 Å². The highest BCUT2D eigenvalue weighted by Gasteiger charge is 2.21. The van der Waals surface area contributed by atoms with Gasteiger partial charge in [-0.2, -0.15) is 0 Å². The fourth-order valence-corrected chi connectivity index (χ4v) is 2.56. The number of hydrogen-bond donors (Lipinski definition) is 0. The van der Waals surface area contributed by atoms with E-state index in [1.807, 2.05) is 0 Å². The summed E-state index contributed by atoms with van der Waals surface area (Å²) in [5, 5.41) is 0. The van der Waals surface area contributed by atoms with E-state index in [1.165, 1.54) is 13.3 Å². The molecule has 2 nitrogen and oxygen atoms in total. The number of halogens is 1. The first-order valence-corrected chi connectivity index (χ1v) is 6.57. The van der Waals surface area contributed by atoms with Gasteiger partial charge in [-0.1, -0.05) is 27.2 Å². The van der Waals surface area contributed by atoms with Crippen LogP contribution < -0.4 is 0 Å². The third kappa shape index (κ3) is 5.83. The van der Waals surface area contributed by atoms with Gasteiger partial charge in [0.05, 0.1) is 0 Å². The summed E-state index contributed by atoms with van der Waals surface area (Å²) in [7, 11) is 0. The number of esters is 1. The van der Waals surface area contributed by atoms with Crippen LogP contribution in [0.25, 0.3) is 0 Å². The average molecular weight is 312 g/mol. The SMILES string of the molecule is CCC(C)CC(CC)C(I)OC(C)=O. The number of alkyl halides is 1. The molecule has 0 saturated heterocycles. The summed E-state index contributed by atoms with van der Waals surface area (Å²) in [5.74, 6) is 1.04. The van der Waals surface area contributed by atoms with Gasteiger partial charge in [-0.15, -0.1) is 0 Å². The van der Waals surface area contributed by atoms with Crippen LogP contribution >= 0.6 is 22.6 Å². The Bertz CT molecular complexity index is 171. The van der Waals surface area contributed by atoms with Gasteiger partial charge in [-0.25, -0.2) is 0 Å². The molecule has 0 spiro atoms. The van der Waals surface area contributed by atoms with Crippen LogP contribution in [0.2, 0.25) is 0 Å². The molecule has 0 radical (unpaired) electrons. The lowest BCUT2D eigenvalue weighted by Crippen LogP contribution is -2.21. The predicted molar refractivity (Wildman–Crippen MR) is 67.4 cm³/mol. The minimum atomic E-state index is -0.174. The molecule has 3 atom stereocenters. The van der Waals surface area contributed by atoms with E-state index < -0.39 is 0 Å². The highest BCUT2D eigenvalue weighted by molar-refractivity contribution is 14.1. The Labute approximate surface area is 101 Å². The second-order valence-electron chi connectivity index (χ2n) is 3.88. The van der Waals surface area contributed by atoms with Crippen molar-refractivity contribution < 1.29 is 9.53 Å². The van der Waals surface area contributed by atoms with E-state index in [2.05, 4.69) is 43.4 Å². The van der Waals surface area contributed by atoms with Gasteiger partial charge >= 0.3 is 5.97 Å². The number of hydrogen-bond acceptors (Lipinski definition) is 2. The van der Waals surface area contributed by atoms with Crippen LogP contribution in [0.15, 0.2) is 0 Å². The van der Waals surface area contributed by atoms with Crippen LogP contribution in [0.3, 0.4) is 0 Å². The van der Waals surface area contributed by atoms with Crippen molar-refractivity contribution in [3.8, 4) is 0 Å². The van der Waals surface area contributed by atoms with Crippen LogP contribution in [-0.2, 0) is 9.53 Å². The summed E-state index contributed by atoms with van der Waals surface area (Å²) in [4.78, 5) is 10.8. The quantitative estimate of drug-likeness (QED) is 0.424. The van der Waals surface area contributed by atoms with Crippen molar-refractivity contribution in [1.82, 2.24) is 0 Å². The van der Waals surface area contributed by atoms with Crippen LogP contribution in [0, 0.1) is 11.8 Å². The molecule has 0 aliphatic carbocycles. The molecule has 0 aromatic heterocycles. The second kappa shape index (κ2) is 7.49. The molecule has 0 heterocycles. The lowest BCUT2D eigenvalue weighted by Gasteiger charge is -2.23. The number of carbonyl (C=O) groups is 1. The monoisotopic (exact) mass is 312 g/mol. The predicted octanol–water partition coefficient (Wildman–Crippen LogP) is 3.77. The fourth-order valence-electron chi connectivity index (χ4n) is 1.40.